The van der Waals surface area contributed by atoms with Gasteiger partial charge in [0, 0.05) is 19.5 Å². The van der Waals surface area contributed by atoms with Crippen molar-refractivity contribution < 1.29 is 14.7 Å². The van der Waals surface area contributed by atoms with Crippen molar-refractivity contribution >= 4 is 11.9 Å². The lowest BCUT2D eigenvalue weighted by atomic mass is 10.0. The Hall–Kier alpha value is -1.10. The molecule has 1 aliphatic rings. The number of carboxylic acids is 1. The first-order valence-electron chi connectivity index (χ1n) is 6.30. The fourth-order valence-corrected chi connectivity index (χ4v) is 2.27. The van der Waals surface area contributed by atoms with E-state index < -0.39 is 12.0 Å². The molecule has 1 rings (SSSR count). The van der Waals surface area contributed by atoms with Crippen LogP contribution < -0.4 is 5.73 Å². The third-order valence-electron chi connectivity index (χ3n) is 3.28. The van der Waals surface area contributed by atoms with Crippen molar-refractivity contribution in [3.63, 3.8) is 0 Å². The molecular weight excluding hydrogens is 220 g/mol. The summed E-state index contributed by atoms with van der Waals surface area (Å²) in [5.74, 6) is -0.425. The second kappa shape index (κ2) is 6.59. The van der Waals surface area contributed by atoms with Gasteiger partial charge in [-0.2, -0.15) is 0 Å². The van der Waals surface area contributed by atoms with Crippen LogP contribution in [0.1, 0.15) is 39.0 Å². The van der Waals surface area contributed by atoms with Crippen LogP contribution in [0.5, 0.6) is 0 Å². The highest BCUT2D eigenvalue weighted by Crippen LogP contribution is 2.21. The van der Waals surface area contributed by atoms with E-state index in [4.69, 9.17) is 10.8 Å². The molecule has 1 heterocycles. The van der Waals surface area contributed by atoms with Crippen molar-refractivity contribution in [2.24, 2.45) is 11.7 Å². The predicted octanol–water partition coefficient (Wildman–Crippen LogP) is 0.827. The van der Waals surface area contributed by atoms with Crippen LogP contribution in [-0.2, 0) is 9.59 Å². The molecule has 1 amide bonds. The standard InChI is InChI=1S/C12H22N2O3/c1-2-3-10(13)12(17)14-7-6-9(8-14)4-5-11(15)16/h9-10H,2-8,13H2,1H3,(H,15,16)/t9?,10-/m0/s1. The monoisotopic (exact) mass is 242 g/mol. The lowest BCUT2D eigenvalue weighted by Crippen LogP contribution is -2.42. The maximum atomic E-state index is 11.9. The number of likely N-dealkylation sites (tertiary alicyclic amines) is 1. The van der Waals surface area contributed by atoms with Crippen molar-refractivity contribution in [2.75, 3.05) is 13.1 Å². The molecule has 1 saturated heterocycles. The smallest absolute Gasteiger partial charge is 0.303 e. The van der Waals surface area contributed by atoms with E-state index in [0.29, 0.717) is 18.9 Å². The van der Waals surface area contributed by atoms with Crippen molar-refractivity contribution in [3.05, 3.63) is 0 Å². The van der Waals surface area contributed by atoms with Crippen LogP contribution in [0.3, 0.4) is 0 Å². The van der Waals surface area contributed by atoms with Gasteiger partial charge in [0.25, 0.3) is 0 Å². The third-order valence-corrected chi connectivity index (χ3v) is 3.28. The minimum atomic E-state index is -0.766. The lowest BCUT2D eigenvalue weighted by molar-refractivity contribution is -0.137. The Bertz CT molecular complexity index is 281. The molecule has 0 aromatic carbocycles. The summed E-state index contributed by atoms with van der Waals surface area (Å²) in [6, 6.07) is -0.391. The molecule has 17 heavy (non-hydrogen) atoms. The van der Waals surface area contributed by atoms with Gasteiger partial charge in [-0.25, -0.2) is 0 Å². The highest BCUT2D eigenvalue weighted by molar-refractivity contribution is 5.81. The molecule has 0 aliphatic carbocycles. The van der Waals surface area contributed by atoms with E-state index in [2.05, 4.69) is 0 Å². The maximum absolute atomic E-state index is 11.9. The highest BCUT2D eigenvalue weighted by Gasteiger charge is 2.28. The van der Waals surface area contributed by atoms with Gasteiger partial charge in [0.15, 0.2) is 0 Å². The van der Waals surface area contributed by atoms with Crippen molar-refractivity contribution in [2.45, 2.75) is 45.1 Å². The number of carbonyl (C=O) groups excluding carboxylic acids is 1. The summed E-state index contributed by atoms with van der Waals surface area (Å²) in [6.07, 6.45) is 3.37. The quantitative estimate of drug-likeness (QED) is 0.722. The average molecular weight is 242 g/mol. The lowest BCUT2D eigenvalue weighted by Gasteiger charge is -2.20. The van der Waals surface area contributed by atoms with Crippen molar-refractivity contribution in [1.29, 1.82) is 0 Å². The van der Waals surface area contributed by atoms with E-state index in [-0.39, 0.29) is 12.3 Å². The number of carboxylic acid groups (broad SMARTS) is 1. The molecule has 1 unspecified atom stereocenters. The van der Waals surface area contributed by atoms with Crippen LogP contribution in [0.25, 0.3) is 0 Å². The molecule has 0 saturated carbocycles. The van der Waals surface area contributed by atoms with E-state index in [1.54, 1.807) is 4.90 Å². The largest absolute Gasteiger partial charge is 0.481 e. The summed E-state index contributed by atoms with van der Waals surface area (Å²) >= 11 is 0. The third kappa shape index (κ3) is 4.34. The number of nitrogens with two attached hydrogens (primary N) is 1. The molecule has 0 bridgehead atoms. The second-order valence-electron chi connectivity index (χ2n) is 4.77. The van der Waals surface area contributed by atoms with E-state index in [1.165, 1.54) is 0 Å². The molecule has 0 aromatic heterocycles. The van der Waals surface area contributed by atoms with Gasteiger partial charge in [0.1, 0.15) is 0 Å². The molecule has 0 spiro atoms. The fraction of sp³-hybridized carbons (Fsp3) is 0.833. The van der Waals surface area contributed by atoms with Gasteiger partial charge < -0.3 is 15.7 Å². The molecule has 5 nitrogen and oxygen atoms in total. The van der Waals surface area contributed by atoms with Gasteiger partial charge in [0.2, 0.25) is 5.91 Å². The zero-order chi connectivity index (χ0) is 12.8. The number of nitrogens with zero attached hydrogens (tertiary/aromatic N) is 1. The molecule has 1 fully saturated rings. The fourth-order valence-electron chi connectivity index (χ4n) is 2.27. The summed E-state index contributed by atoms with van der Waals surface area (Å²) in [5, 5.41) is 8.61. The van der Waals surface area contributed by atoms with Crippen molar-refractivity contribution in [1.82, 2.24) is 4.90 Å². The highest BCUT2D eigenvalue weighted by atomic mass is 16.4. The number of carbonyl (C=O) groups is 2. The Labute approximate surface area is 102 Å². The van der Waals surface area contributed by atoms with Gasteiger partial charge in [-0.1, -0.05) is 13.3 Å². The number of hydrogen-bond acceptors (Lipinski definition) is 3. The van der Waals surface area contributed by atoms with Gasteiger partial charge >= 0.3 is 5.97 Å². The second-order valence-corrected chi connectivity index (χ2v) is 4.77. The van der Waals surface area contributed by atoms with Crippen LogP contribution in [-0.4, -0.2) is 41.0 Å². The summed E-state index contributed by atoms with van der Waals surface area (Å²) < 4.78 is 0. The molecule has 5 heteroatoms. The van der Waals surface area contributed by atoms with Gasteiger partial charge in [-0.3, -0.25) is 9.59 Å². The van der Waals surface area contributed by atoms with E-state index in [1.807, 2.05) is 6.92 Å². The molecule has 98 valence electrons. The minimum Gasteiger partial charge on any atom is -0.481 e. The number of amides is 1. The molecule has 1 aliphatic heterocycles. The van der Waals surface area contributed by atoms with Crippen LogP contribution in [0.4, 0.5) is 0 Å². The maximum Gasteiger partial charge on any atom is 0.303 e. The average Bonchev–Trinajstić information content (AvgIpc) is 2.74. The molecule has 2 atom stereocenters. The zero-order valence-corrected chi connectivity index (χ0v) is 10.4. The Morgan fingerprint density at radius 2 is 2.24 bits per heavy atom. The normalized spacial score (nSPS) is 21.5. The predicted molar refractivity (Wildman–Crippen MR) is 64.4 cm³/mol. The Morgan fingerprint density at radius 1 is 1.53 bits per heavy atom. The first-order valence-corrected chi connectivity index (χ1v) is 6.30. The van der Waals surface area contributed by atoms with Crippen LogP contribution in [0.2, 0.25) is 0 Å². The van der Waals surface area contributed by atoms with Gasteiger partial charge in [-0.15, -0.1) is 0 Å². The van der Waals surface area contributed by atoms with Gasteiger partial charge in [0.05, 0.1) is 6.04 Å². The summed E-state index contributed by atoms with van der Waals surface area (Å²) in [6.45, 7) is 3.40. The molecular formula is C12H22N2O3. The first-order chi connectivity index (χ1) is 8.04. The molecule has 0 aromatic rings. The van der Waals surface area contributed by atoms with Crippen molar-refractivity contribution in [3.8, 4) is 0 Å². The number of rotatable bonds is 6. The van der Waals surface area contributed by atoms with Crippen LogP contribution >= 0.6 is 0 Å². The van der Waals surface area contributed by atoms with E-state index >= 15 is 0 Å². The molecule has 0 radical (unpaired) electrons. The summed E-state index contributed by atoms with van der Waals surface area (Å²) in [4.78, 5) is 24.2. The molecule has 3 N–H and O–H groups in total. The SMILES string of the molecule is CCC[C@H](N)C(=O)N1CCC(CCC(=O)O)C1. The Kier molecular flexibility index (Phi) is 5.41. The summed E-state index contributed by atoms with van der Waals surface area (Å²) in [7, 11) is 0. The minimum absolute atomic E-state index is 0.0182. The van der Waals surface area contributed by atoms with Crippen LogP contribution in [0, 0.1) is 5.92 Å². The van der Waals surface area contributed by atoms with Crippen LogP contribution in [0.15, 0.2) is 0 Å². The Morgan fingerprint density at radius 3 is 2.82 bits per heavy atom. The van der Waals surface area contributed by atoms with Gasteiger partial charge in [-0.05, 0) is 25.2 Å². The topological polar surface area (TPSA) is 83.6 Å². The number of aliphatic carboxylic acids is 1. The first kappa shape index (κ1) is 14.0. The number of hydrogen-bond donors (Lipinski definition) is 2. The van der Waals surface area contributed by atoms with E-state index in [0.717, 1.165) is 25.8 Å². The van der Waals surface area contributed by atoms with E-state index in [9.17, 15) is 9.59 Å². The zero-order valence-electron chi connectivity index (χ0n) is 10.4. The Balaban J connectivity index is 2.34. The summed E-state index contributed by atoms with van der Waals surface area (Å²) in [5.41, 5.74) is 5.79.